The first kappa shape index (κ1) is 27.5. The molecule has 0 radical (unpaired) electrons. The van der Waals surface area contributed by atoms with E-state index in [-0.39, 0.29) is 16.8 Å². The average molecular weight is 594 g/mol. The number of fused-ring (bicyclic) bond motifs is 7. The molecule has 0 saturated heterocycles. The Morgan fingerprint density at radius 3 is 2.35 bits per heavy atom. The summed E-state index contributed by atoms with van der Waals surface area (Å²) in [7, 11) is -3.79. The Kier molecular flexibility index (Phi) is 7.09. The molecule has 220 valence electrons. The van der Waals surface area contributed by atoms with Crippen molar-refractivity contribution < 1.29 is 17.9 Å². The molecule has 3 aliphatic rings. The zero-order valence-corrected chi connectivity index (χ0v) is 24.8. The van der Waals surface area contributed by atoms with Crippen LogP contribution in [0.5, 0.6) is 5.75 Å². The summed E-state index contributed by atoms with van der Waals surface area (Å²) < 4.78 is 33.9. The van der Waals surface area contributed by atoms with Crippen molar-refractivity contribution in [2.45, 2.75) is 43.0 Å². The maximum absolute atomic E-state index is 13.4. The van der Waals surface area contributed by atoms with Crippen LogP contribution in [0.3, 0.4) is 0 Å². The molecule has 1 aliphatic heterocycles. The Balaban J connectivity index is 1.07. The van der Waals surface area contributed by atoms with Gasteiger partial charge in [0.15, 0.2) is 0 Å². The molecule has 0 spiro atoms. The maximum Gasteiger partial charge on any atom is 0.261 e. The van der Waals surface area contributed by atoms with E-state index in [0.29, 0.717) is 53.0 Å². The molecule has 43 heavy (non-hydrogen) atoms. The van der Waals surface area contributed by atoms with E-state index in [1.54, 1.807) is 36.4 Å². The highest BCUT2D eigenvalue weighted by Crippen LogP contribution is 2.63. The third-order valence-corrected chi connectivity index (χ3v) is 10.7. The predicted molar refractivity (Wildman–Crippen MR) is 169 cm³/mol. The highest BCUT2D eigenvalue weighted by Gasteiger charge is 2.53. The molecule has 1 heterocycles. The van der Waals surface area contributed by atoms with Crippen molar-refractivity contribution in [3.8, 4) is 5.75 Å². The second kappa shape index (κ2) is 11.1. The van der Waals surface area contributed by atoms with E-state index >= 15 is 0 Å². The number of anilines is 3. The number of amides is 1. The number of rotatable bonds is 8. The Bertz CT molecular complexity index is 1740. The molecule has 2 fully saturated rings. The number of ether oxygens (including phenoxy) is 1. The smallest absolute Gasteiger partial charge is 0.261 e. The molecule has 0 unspecified atom stereocenters. The third kappa shape index (κ3) is 5.25. The Labute approximate surface area is 252 Å². The van der Waals surface area contributed by atoms with E-state index in [1.165, 1.54) is 42.5 Å². The van der Waals surface area contributed by atoms with Gasteiger partial charge in [-0.3, -0.25) is 9.52 Å². The van der Waals surface area contributed by atoms with Gasteiger partial charge in [-0.1, -0.05) is 30.3 Å². The first-order valence-electron chi connectivity index (χ1n) is 15.0. The van der Waals surface area contributed by atoms with Crippen molar-refractivity contribution in [2.75, 3.05) is 22.0 Å². The Morgan fingerprint density at radius 1 is 0.884 bits per heavy atom. The summed E-state index contributed by atoms with van der Waals surface area (Å²) in [6.45, 7) is 2.43. The van der Waals surface area contributed by atoms with Gasteiger partial charge in [0, 0.05) is 22.6 Å². The number of hydrogen-bond acceptors (Lipinski definition) is 5. The molecule has 2 bridgehead atoms. The van der Waals surface area contributed by atoms with Crippen LogP contribution in [-0.4, -0.2) is 20.9 Å². The van der Waals surface area contributed by atoms with Gasteiger partial charge in [0.25, 0.3) is 15.9 Å². The zero-order valence-electron chi connectivity index (χ0n) is 24.0. The number of hydrogen-bond donors (Lipinski definition) is 3. The summed E-state index contributed by atoms with van der Waals surface area (Å²) in [6.07, 6.45) is 3.80. The summed E-state index contributed by atoms with van der Waals surface area (Å²) in [4.78, 5) is 13.5. The van der Waals surface area contributed by atoms with E-state index in [4.69, 9.17) is 4.74 Å². The molecular weight excluding hydrogens is 558 g/mol. The van der Waals surface area contributed by atoms with Gasteiger partial charge >= 0.3 is 0 Å². The monoisotopic (exact) mass is 593 g/mol. The molecule has 4 aromatic rings. The number of nitrogens with one attached hydrogen (secondary N) is 3. The van der Waals surface area contributed by atoms with Crippen LogP contribution in [0.15, 0.2) is 102 Å². The molecule has 8 heteroatoms. The van der Waals surface area contributed by atoms with Gasteiger partial charge in [0.2, 0.25) is 0 Å². The molecule has 5 atom stereocenters. The number of carbonyl (C=O) groups excluding carboxylic acids is 1. The minimum atomic E-state index is -3.79. The first-order chi connectivity index (χ1) is 20.9. The van der Waals surface area contributed by atoms with Gasteiger partial charge in [0.1, 0.15) is 5.75 Å². The summed E-state index contributed by atoms with van der Waals surface area (Å²) in [5, 5.41) is 6.78. The van der Waals surface area contributed by atoms with Crippen LogP contribution in [0.1, 0.15) is 59.6 Å². The van der Waals surface area contributed by atoms with Crippen molar-refractivity contribution in [3.63, 3.8) is 0 Å². The third-order valence-electron chi connectivity index (χ3n) is 9.35. The number of sulfonamides is 1. The summed E-state index contributed by atoms with van der Waals surface area (Å²) in [6, 6.07) is 30.0. The van der Waals surface area contributed by atoms with E-state index in [9.17, 15) is 13.2 Å². The minimum Gasteiger partial charge on any atom is -0.494 e. The molecule has 7 nitrogen and oxygen atoms in total. The topological polar surface area (TPSA) is 96.5 Å². The maximum atomic E-state index is 13.4. The Morgan fingerprint density at radius 2 is 1.60 bits per heavy atom. The fraction of sp³-hybridized carbons (Fsp3) is 0.286. The minimum absolute atomic E-state index is 0.106. The fourth-order valence-electron chi connectivity index (χ4n) is 7.54. The van der Waals surface area contributed by atoms with Crippen LogP contribution in [0, 0.1) is 17.8 Å². The van der Waals surface area contributed by atoms with Gasteiger partial charge < -0.3 is 15.4 Å². The molecule has 7 rings (SSSR count). The van der Waals surface area contributed by atoms with Crippen LogP contribution in [0.4, 0.5) is 17.1 Å². The average Bonchev–Trinajstić information content (AvgIpc) is 3.65. The van der Waals surface area contributed by atoms with Crippen LogP contribution in [0.2, 0.25) is 0 Å². The van der Waals surface area contributed by atoms with Crippen LogP contribution < -0.4 is 20.1 Å². The van der Waals surface area contributed by atoms with Gasteiger partial charge in [-0.05, 0) is 128 Å². The normalized spacial score (nSPS) is 23.5. The van der Waals surface area contributed by atoms with Crippen molar-refractivity contribution in [2.24, 2.45) is 17.8 Å². The van der Waals surface area contributed by atoms with E-state index in [0.717, 1.165) is 5.69 Å². The van der Waals surface area contributed by atoms with Crippen molar-refractivity contribution in [3.05, 3.63) is 114 Å². The number of benzene rings is 4. The first-order valence-corrected chi connectivity index (χ1v) is 16.5. The fourth-order valence-corrected chi connectivity index (χ4v) is 8.60. The van der Waals surface area contributed by atoms with Gasteiger partial charge in [-0.25, -0.2) is 8.42 Å². The lowest BCUT2D eigenvalue weighted by Gasteiger charge is -2.43. The number of carbonyl (C=O) groups is 1. The molecule has 1 amide bonds. The largest absolute Gasteiger partial charge is 0.494 e. The van der Waals surface area contributed by atoms with E-state index in [1.807, 2.05) is 19.1 Å². The Hall–Kier alpha value is -4.30. The van der Waals surface area contributed by atoms with Crippen LogP contribution in [0.25, 0.3) is 0 Å². The molecular formula is C35H35N3O4S. The van der Waals surface area contributed by atoms with Gasteiger partial charge in [0.05, 0.1) is 17.5 Å². The lowest BCUT2D eigenvalue weighted by molar-refractivity contribution is 0.102. The molecule has 4 aromatic carbocycles. The van der Waals surface area contributed by atoms with Gasteiger partial charge in [-0.2, -0.15) is 0 Å². The SMILES string of the molecule is CCOc1ccc(NS(=O)(=O)c2ccc(NC(=O)c3ccc4c(c3)[C@@H]3[C@H]5CC[C@@H](C5)[C@H]3[C@H](c3ccccc3)N4)cc2)cc1. The second-order valence-corrected chi connectivity index (χ2v) is 13.5. The van der Waals surface area contributed by atoms with Crippen molar-refractivity contribution in [1.82, 2.24) is 0 Å². The summed E-state index contributed by atoms with van der Waals surface area (Å²) in [5.41, 5.74) is 5.28. The summed E-state index contributed by atoms with van der Waals surface area (Å²) in [5.74, 6) is 2.80. The predicted octanol–water partition coefficient (Wildman–Crippen LogP) is 7.43. The van der Waals surface area contributed by atoms with Crippen LogP contribution in [-0.2, 0) is 10.0 Å². The molecule has 3 N–H and O–H groups in total. The lowest BCUT2D eigenvalue weighted by atomic mass is 9.68. The van der Waals surface area contributed by atoms with Crippen LogP contribution >= 0.6 is 0 Å². The van der Waals surface area contributed by atoms with Crippen molar-refractivity contribution >= 4 is 33.0 Å². The molecule has 2 saturated carbocycles. The molecule has 2 aliphatic carbocycles. The highest BCUT2D eigenvalue weighted by molar-refractivity contribution is 7.92. The second-order valence-electron chi connectivity index (χ2n) is 11.8. The quantitative estimate of drug-likeness (QED) is 0.197. The lowest BCUT2D eigenvalue weighted by Crippen LogP contribution is -2.35. The summed E-state index contributed by atoms with van der Waals surface area (Å²) >= 11 is 0. The standard InChI is InChI=1S/C35H35N3O4S/c1-2-42-28-15-11-27(12-16-28)38-43(40,41)29-17-13-26(14-18-29)36-35(39)25-10-19-31-30(21-25)32-23-8-9-24(20-23)33(32)34(37-31)22-6-4-3-5-7-22/h3-7,10-19,21,23-24,32-34,37-38H,2,8-9,20H2,1H3,(H,36,39)/t23-,24-,32-,33+,34-/m0/s1. The van der Waals surface area contributed by atoms with E-state index < -0.39 is 10.0 Å². The molecule has 0 aromatic heterocycles. The van der Waals surface area contributed by atoms with Gasteiger partial charge in [-0.15, -0.1) is 0 Å². The zero-order chi connectivity index (χ0) is 29.6. The van der Waals surface area contributed by atoms with Crippen molar-refractivity contribution in [1.29, 1.82) is 0 Å². The van der Waals surface area contributed by atoms with E-state index in [2.05, 4.69) is 51.8 Å². The highest BCUT2D eigenvalue weighted by atomic mass is 32.2.